The highest BCUT2D eigenvalue weighted by Crippen LogP contribution is 2.29. The summed E-state index contributed by atoms with van der Waals surface area (Å²) >= 11 is 7.36. The van der Waals surface area contributed by atoms with Crippen LogP contribution in [0.4, 0.5) is 5.69 Å². The molecule has 0 saturated heterocycles. The van der Waals surface area contributed by atoms with Gasteiger partial charge in [-0.05, 0) is 44.0 Å². The molecule has 0 bridgehead atoms. The molecule has 0 unspecified atom stereocenters. The molecule has 1 aromatic carbocycles. The van der Waals surface area contributed by atoms with Gasteiger partial charge in [0.1, 0.15) is 5.76 Å². The van der Waals surface area contributed by atoms with E-state index >= 15 is 0 Å². The van der Waals surface area contributed by atoms with Gasteiger partial charge < -0.3 is 14.2 Å². The minimum atomic E-state index is -0.196. The van der Waals surface area contributed by atoms with Crippen LogP contribution in [0.2, 0.25) is 5.02 Å². The monoisotopic (exact) mass is 377 g/mol. The topological polar surface area (TPSA) is 81.2 Å². The first-order valence-corrected chi connectivity index (χ1v) is 8.88. The number of anilines is 1. The maximum atomic E-state index is 12.2. The Bertz CT molecular complexity index is 897. The molecule has 0 aliphatic heterocycles. The van der Waals surface area contributed by atoms with Gasteiger partial charge in [0.2, 0.25) is 5.91 Å². The number of nitrogens with one attached hydrogen (secondary N) is 1. The highest BCUT2D eigenvalue weighted by atomic mass is 35.5. The van der Waals surface area contributed by atoms with Gasteiger partial charge in [0, 0.05) is 0 Å². The van der Waals surface area contributed by atoms with Gasteiger partial charge in [-0.15, -0.1) is 10.2 Å². The first-order chi connectivity index (χ1) is 11.9. The Kier molecular flexibility index (Phi) is 5.15. The van der Waals surface area contributed by atoms with Crippen LogP contribution in [-0.4, -0.2) is 21.9 Å². The van der Waals surface area contributed by atoms with E-state index in [9.17, 15) is 4.79 Å². The molecule has 1 N–H and O–H groups in total. The summed E-state index contributed by atoms with van der Waals surface area (Å²) in [5.74, 6) is 1.00. The van der Waals surface area contributed by atoms with Crippen LogP contribution in [0.15, 0.2) is 38.5 Å². The smallest absolute Gasteiger partial charge is 0.277 e. The fourth-order valence-corrected chi connectivity index (χ4v) is 3.29. The third kappa shape index (κ3) is 4.05. The summed E-state index contributed by atoms with van der Waals surface area (Å²) in [6.07, 6.45) is 1.56. The summed E-state index contributed by atoms with van der Waals surface area (Å²) in [6.45, 7) is 5.67. The van der Waals surface area contributed by atoms with Crippen molar-refractivity contribution < 1.29 is 13.6 Å². The van der Waals surface area contributed by atoms with Crippen LogP contribution < -0.4 is 5.32 Å². The summed E-state index contributed by atoms with van der Waals surface area (Å²) in [6, 6.07) is 5.53. The number of nitrogens with zero attached hydrogens (tertiary/aromatic N) is 2. The molecule has 0 spiro atoms. The van der Waals surface area contributed by atoms with E-state index in [4.69, 9.17) is 20.4 Å². The molecule has 2 aromatic heterocycles. The summed E-state index contributed by atoms with van der Waals surface area (Å²) in [4.78, 5) is 12.2. The maximum absolute atomic E-state index is 12.2. The van der Waals surface area contributed by atoms with Gasteiger partial charge >= 0.3 is 0 Å². The number of hydrogen-bond donors (Lipinski definition) is 1. The minimum Gasteiger partial charge on any atom is -0.469 e. The highest BCUT2D eigenvalue weighted by molar-refractivity contribution is 7.99. The van der Waals surface area contributed by atoms with Gasteiger partial charge in [0.05, 0.1) is 28.3 Å². The van der Waals surface area contributed by atoms with Crippen LogP contribution in [0.3, 0.4) is 0 Å². The zero-order valence-electron chi connectivity index (χ0n) is 13.9. The van der Waals surface area contributed by atoms with E-state index in [0.717, 1.165) is 28.5 Å². The molecule has 8 heteroatoms. The van der Waals surface area contributed by atoms with E-state index < -0.39 is 0 Å². The van der Waals surface area contributed by atoms with Crippen molar-refractivity contribution in [2.45, 2.75) is 26.0 Å². The number of carbonyl (C=O) groups is 1. The van der Waals surface area contributed by atoms with Gasteiger partial charge in [0.25, 0.3) is 11.1 Å². The molecular weight excluding hydrogens is 362 g/mol. The molecule has 25 heavy (non-hydrogen) atoms. The lowest BCUT2D eigenvalue weighted by Gasteiger charge is -2.11. The summed E-state index contributed by atoms with van der Waals surface area (Å²) < 4.78 is 10.8. The molecule has 0 radical (unpaired) electrons. The molecule has 3 rings (SSSR count). The molecule has 0 saturated carbocycles. The van der Waals surface area contributed by atoms with E-state index in [1.807, 2.05) is 32.9 Å². The van der Waals surface area contributed by atoms with Crippen molar-refractivity contribution in [1.82, 2.24) is 10.2 Å². The zero-order chi connectivity index (χ0) is 18.0. The standard InChI is InChI=1S/C17H16ClN3O3S/c1-9-6-10(2)15(13(18)7-9)19-14(22)8-25-17-21-20-16(24-17)12-4-5-23-11(12)3/h4-7H,8H2,1-3H3,(H,19,22). The third-order valence-corrected chi connectivity index (χ3v) is 4.64. The number of thioether (sulfide) groups is 1. The number of benzene rings is 1. The fourth-order valence-electron chi connectivity index (χ4n) is 2.36. The normalized spacial score (nSPS) is 10.9. The van der Waals surface area contributed by atoms with Crippen molar-refractivity contribution in [3.8, 4) is 11.5 Å². The van der Waals surface area contributed by atoms with E-state index in [0.29, 0.717) is 27.6 Å². The fraction of sp³-hybridized carbons (Fsp3) is 0.235. The number of aromatic nitrogens is 2. The molecule has 3 aromatic rings. The number of aryl methyl sites for hydroxylation is 3. The Morgan fingerprint density at radius 3 is 2.76 bits per heavy atom. The summed E-state index contributed by atoms with van der Waals surface area (Å²) in [5, 5.41) is 11.6. The first-order valence-electron chi connectivity index (χ1n) is 7.51. The van der Waals surface area contributed by atoms with Crippen LogP contribution in [0, 0.1) is 20.8 Å². The Labute approximate surface area is 154 Å². The van der Waals surface area contributed by atoms with Crippen molar-refractivity contribution in [1.29, 1.82) is 0 Å². The van der Waals surface area contributed by atoms with Gasteiger partial charge in [-0.1, -0.05) is 29.4 Å². The number of rotatable bonds is 5. The lowest BCUT2D eigenvalue weighted by atomic mass is 10.1. The van der Waals surface area contributed by atoms with Crippen LogP contribution in [0.25, 0.3) is 11.5 Å². The molecular formula is C17H16ClN3O3S. The van der Waals surface area contributed by atoms with Crippen LogP contribution in [-0.2, 0) is 4.79 Å². The highest BCUT2D eigenvalue weighted by Gasteiger charge is 2.15. The zero-order valence-corrected chi connectivity index (χ0v) is 15.5. The second-order valence-electron chi connectivity index (χ2n) is 5.54. The second kappa shape index (κ2) is 7.33. The minimum absolute atomic E-state index is 0.135. The van der Waals surface area contributed by atoms with Gasteiger partial charge in [-0.25, -0.2) is 0 Å². The van der Waals surface area contributed by atoms with Gasteiger partial charge in [-0.2, -0.15) is 0 Å². The molecule has 0 aliphatic carbocycles. The molecule has 6 nitrogen and oxygen atoms in total. The molecule has 1 amide bonds. The Hall–Kier alpha value is -2.25. The van der Waals surface area contributed by atoms with Crippen molar-refractivity contribution in [2.75, 3.05) is 11.1 Å². The quantitative estimate of drug-likeness (QED) is 0.652. The maximum Gasteiger partial charge on any atom is 0.277 e. The lowest BCUT2D eigenvalue weighted by Crippen LogP contribution is -2.15. The van der Waals surface area contributed by atoms with Crippen molar-refractivity contribution >= 4 is 35.0 Å². The second-order valence-corrected chi connectivity index (χ2v) is 6.87. The van der Waals surface area contributed by atoms with Crippen LogP contribution >= 0.6 is 23.4 Å². The molecule has 0 fully saturated rings. The largest absolute Gasteiger partial charge is 0.469 e. The number of halogens is 1. The SMILES string of the molecule is Cc1cc(C)c(NC(=O)CSc2nnc(-c3ccoc3C)o2)c(Cl)c1. The molecule has 0 aliphatic rings. The van der Waals surface area contributed by atoms with Crippen molar-refractivity contribution in [2.24, 2.45) is 0 Å². The van der Waals surface area contributed by atoms with Crippen molar-refractivity contribution in [3.63, 3.8) is 0 Å². The number of furan rings is 1. The van der Waals surface area contributed by atoms with Crippen molar-refractivity contribution in [3.05, 3.63) is 46.4 Å². The summed E-state index contributed by atoms with van der Waals surface area (Å²) in [7, 11) is 0. The average molecular weight is 378 g/mol. The van der Waals surface area contributed by atoms with Gasteiger partial charge in [0.15, 0.2) is 0 Å². The first kappa shape index (κ1) is 17.6. The molecule has 130 valence electrons. The van der Waals surface area contributed by atoms with E-state index in [-0.39, 0.29) is 11.7 Å². The molecule has 0 atom stereocenters. The Balaban J connectivity index is 1.62. The summed E-state index contributed by atoms with van der Waals surface area (Å²) in [5.41, 5.74) is 3.32. The predicted molar refractivity (Wildman–Crippen MR) is 97.0 cm³/mol. The lowest BCUT2D eigenvalue weighted by molar-refractivity contribution is -0.113. The van der Waals surface area contributed by atoms with E-state index in [2.05, 4.69) is 15.5 Å². The third-order valence-electron chi connectivity index (χ3n) is 3.52. The number of carbonyl (C=O) groups excluding carboxylic acids is 1. The van der Waals surface area contributed by atoms with E-state index in [1.54, 1.807) is 12.3 Å². The average Bonchev–Trinajstić information content (AvgIpc) is 3.17. The van der Waals surface area contributed by atoms with Gasteiger partial charge in [-0.3, -0.25) is 4.79 Å². The van der Waals surface area contributed by atoms with Crippen LogP contribution in [0.1, 0.15) is 16.9 Å². The number of hydrogen-bond acceptors (Lipinski definition) is 6. The Morgan fingerprint density at radius 1 is 1.28 bits per heavy atom. The number of amides is 1. The van der Waals surface area contributed by atoms with E-state index in [1.165, 1.54) is 0 Å². The predicted octanol–water partition coefficient (Wildman–Crippen LogP) is 4.64. The van der Waals surface area contributed by atoms with Crippen LogP contribution in [0.5, 0.6) is 0 Å². The Morgan fingerprint density at radius 2 is 2.08 bits per heavy atom. The molecule has 2 heterocycles.